The van der Waals surface area contributed by atoms with Crippen molar-refractivity contribution in [1.29, 1.82) is 0 Å². The maximum absolute atomic E-state index is 6.17. The van der Waals surface area contributed by atoms with Crippen molar-refractivity contribution < 1.29 is 9.47 Å². The first-order valence-electron chi connectivity index (χ1n) is 6.74. The number of hydrogen-bond acceptors (Lipinski definition) is 5. The third-order valence-corrected chi connectivity index (χ3v) is 3.26. The molecular formula is C16H21N3O2. The average Bonchev–Trinajstić information content (AvgIpc) is 2.48. The van der Waals surface area contributed by atoms with Crippen molar-refractivity contribution in [2.24, 2.45) is 0 Å². The summed E-state index contributed by atoms with van der Waals surface area (Å²) in [5.74, 6) is 0.631. The summed E-state index contributed by atoms with van der Waals surface area (Å²) < 4.78 is 10.6. The quantitative estimate of drug-likeness (QED) is 0.558. The van der Waals surface area contributed by atoms with Gasteiger partial charge in [0.1, 0.15) is 12.4 Å². The van der Waals surface area contributed by atoms with Gasteiger partial charge in [0.05, 0.1) is 12.3 Å². The Morgan fingerprint density at radius 3 is 2.29 bits per heavy atom. The highest BCUT2D eigenvalue weighted by Crippen LogP contribution is 2.31. The van der Waals surface area contributed by atoms with Gasteiger partial charge >= 0.3 is 0 Å². The molecular weight excluding hydrogens is 266 g/mol. The Kier molecular flexibility index (Phi) is 4.90. The Morgan fingerprint density at radius 2 is 1.62 bits per heavy atom. The van der Waals surface area contributed by atoms with E-state index in [-0.39, 0.29) is 0 Å². The lowest BCUT2D eigenvalue weighted by molar-refractivity contribution is 0.146. The normalized spacial score (nSPS) is 10.5. The number of nitrogen functional groups attached to an aromatic ring is 3. The molecule has 5 nitrogen and oxygen atoms in total. The van der Waals surface area contributed by atoms with Crippen LogP contribution in [0.25, 0.3) is 0 Å². The highest BCUT2D eigenvalue weighted by molar-refractivity contribution is 5.69. The first kappa shape index (κ1) is 15.0. The lowest BCUT2D eigenvalue weighted by Gasteiger charge is -2.14. The molecule has 2 rings (SSSR count). The van der Waals surface area contributed by atoms with Gasteiger partial charge < -0.3 is 26.7 Å². The molecule has 0 heterocycles. The zero-order valence-corrected chi connectivity index (χ0v) is 12.1. The lowest BCUT2D eigenvalue weighted by Crippen LogP contribution is -2.08. The van der Waals surface area contributed by atoms with Crippen LogP contribution in [0.1, 0.15) is 11.1 Å². The average molecular weight is 287 g/mol. The van der Waals surface area contributed by atoms with Crippen LogP contribution in [0.4, 0.5) is 17.1 Å². The van der Waals surface area contributed by atoms with E-state index in [2.05, 4.69) is 0 Å². The van der Waals surface area contributed by atoms with Crippen molar-refractivity contribution in [1.82, 2.24) is 0 Å². The molecule has 0 aliphatic carbocycles. The van der Waals surface area contributed by atoms with Gasteiger partial charge in [0.15, 0.2) is 0 Å². The van der Waals surface area contributed by atoms with Crippen LogP contribution in [0.5, 0.6) is 5.75 Å². The van der Waals surface area contributed by atoms with Crippen molar-refractivity contribution in [3.05, 3.63) is 47.5 Å². The minimum absolute atomic E-state index is 0.450. The highest BCUT2D eigenvalue weighted by Gasteiger charge is 2.11. The predicted molar refractivity (Wildman–Crippen MR) is 86.3 cm³/mol. The molecule has 2 aromatic rings. The summed E-state index contributed by atoms with van der Waals surface area (Å²) in [7, 11) is 1.63. The molecule has 0 bridgehead atoms. The maximum Gasteiger partial charge on any atom is 0.142 e. The third kappa shape index (κ3) is 3.79. The second-order valence-electron chi connectivity index (χ2n) is 4.80. The zero-order valence-electron chi connectivity index (χ0n) is 12.1. The standard InChI is InChI=1S/C16H21N3O2/c1-20-8-9-21-15-7-6-14(18)13(16(15)19)10-11-2-4-12(17)5-3-11/h2-7H,8-10,17-19H2,1H3. The molecule has 21 heavy (non-hydrogen) atoms. The summed E-state index contributed by atoms with van der Waals surface area (Å²) in [6.45, 7) is 0.961. The number of nitrogens with two attached hydrogens (primary N) is 3. The molecule has 0 aromatic heterocycles. The Labute approximate surface area is 124 Å². The molecule has 0 fully saturated rings. The van der Waals surface area contributed by atoms with Crippen LogP contribution in [0.2, 0.25) is 0 Å². The Hall–Kier alpha value is -2.40. The van der Waals surface area contributed by atoms with E-state index in [9.17, 15) is 0 Å². The van der Waals surface area contributed by atoms with E-state index in [0.717, 1.165) is 16.8 Å². The van der Waals surface area contributed by atoms with E-state index in [1.807, 2.05) is 30.3 Å². The first-order chi connectivity index (χ1) is 10.1. The van der Waals surface area contributed by atoms with Gasteiger partial charge in [-0.25, -0.2) is 0 Å². The second kappa shape index (κ2) is 6.85. The fourth-order valence-electron chi connectivity index (χ4n) is 2.06. The topological polar surface area (TPSA) is 96.5 Å². The largest absolute Gasteiger partial charge is 0.489 e. The number of ether oxygens (including phenoxy) is 2. The van der Waals surface area contributed by atoms with Crippen LogP contribution in [0, 0.1) is 0 Å². The van der Waals surface area contributed by atoms with Crippen LogP contribution < -0.4 is 21.9 Å². The van der Waals surface area contributed by atoms with E-state index in [1.54, 1.807) is 13.2 Å². The number of anilines is 3. The minimum atomic E-state index is 0.450. The van der Waals surface area contributed by atoms with Crippen molar-refractivity contribution in [2.75, 3.05) is 37.5 Å². The minimum Gasteiger partial charge on any atom is -0.489 e. The van der Waals surface area contributed by atoms with Gasteiger partial charge in [-0.05, 0) is 29.8 Å². The van der Waals surface area contributed by atoms with Crippen molar-refractivity contribution in [2.45, 2.75) is 6.42 Å². The fraction of sp³-hybridized carbons (Fsp3) is 0.250. The molecule has 2 aromatic carbocycles. The second-order valence-corrected chi connectivity index (χ2v) is 4.80. The highest BCUT2D eigenvalue weighted by atomic mass is 16.5. The molecule has 0 radical (unpaired) electrons. The fourth-order valence-corrected chi connectivity index (χ4v) is 2.06. The number of methoxy groups -OCH3 is 1. The zero-order chi connectivity index (χ0) is 15.2. The van der Waals surface area contributed by atoms with Gasteiger partial charge in [0, 0.05) is 30.5 Å². The van der Waals surface area contributed by atoms with E-state index >= 15 is 0 Å². The molecule has 0 aliphatic heterocycles. The SMILES string of the molecule is COCCOc1ccc(N)c(Cc2ccc(N)cc2)c1N. The van der Waals surface area contributed by atoms with Crippen LogP contribution in [-0.2, 0) is 11.2 Å². The third-order valence-electron chi connectivity index (χ3n) is 3.26. The summed E-state index contributed by atoms with van der Waals surface area (Å²) >= 11 is 0. The molecule has 0 spiro atoms. The molecule has 0 amide bonds. The summed E-state index contributed by atoms with van der Waals surface area (Å²) in [5.41, 5.74) is 21.8. The van der Waals surface area contributed by atoms with Crippen molar-refractivity contribution in [3.63, 3.8) is 0 Å². The number of hydrogen-bond donors (Lipinski definition) is 3. The molecule has 112 valence electrons. The van der Waals surface area contributed by atoms with E-state index in [1.165, 1.54) is 0 Å². The molecule has 0 unspecified atom stereocenters. The Morgan fingerprint density at radius 1 is 0.905 bits per heavy atom. The van der Waals surface area contributed by atoms with Gasteiger partial charge in [-0.2, -0.15) is 0 Å². The Balaban J connectivity index is 2.21. The van der Waals surface area contributed by atoms with Gasteiger partial charge in [0.25, 0.3) is 0 Å². The summed E-state index contributed by atoms with van der Waals surface area (Å²) in [4.78, 5) is 0. The maximum atomic E-state index is 6.17. The Bertz CT molecular complexity index is 597. The summed E-state index contributed by atoms with van der Waals surface area (Å²) in [6.07, 6.45) is 0.638. The van der Waals surface area contributed by atoms with Gasteiger partial charge in [-0.15, -0.1) is 0 Å². The molecule has 0 aliphatic rings. The lowest BCUT2D eigenvalue weighted by atomic mass is 10.0. The number of rotatable bonds is 6. The van der Waals surface area contributed by atoms with Crippen LogP contribution >= 0.6 is 0 Å². The predicted octanol–water partition coefficient (Wildman–Crippen LogP) is 2.05. The van der Waals surface area contributed by atoms with E-state index in [4.69, 9.17) is 26.7 Å². The molecule has 6 N–H and O–H groups in total. The van der Waals surface area contributed by atoms with Gasteiger partial charge in [-0.1, -0.05) is 12.1 Å². The van der Waals surface area contributed by atoms with Crippen molar-refractivity contribution in [3.8, 4) is 5.75 Å². The molecule has 0 atom stereocenters. The number of benzene rings is 2. The molecule has 5 heteroatoms. The molecule has 0 saturated carbocycles. The van der Waals surface area contributed by atoms with Gasteiger partial charge in [-0.3, -0.25) is 0 Å². The monoisotopic (exact) mass is 287 g/mol. The van der Waals surface area contributed by atoms with Crippen LogP contribution in [-0.4, -0.2) is 20.3 Å². The van der Waals surface area contributed by atoms with Crippen molar-refractivity contribution >= 4 is 17.1 Å². The summed E-state index contributed by atoms with van der Waals surface area (Å²) in [6, 6.07) is 11.2. The van der Waals surface area contributed by atoms with Crippen LogP contribution in [0.15, 0.2) is 36.4 Å². The van der Waals surface area contributed by atoms with E-state index < -0.39 is 0 Å². The van der Waals surface area contributed by atoms with Gasteiger partial charge in [0.2, 0.25) is 0 Å². The van der Waals surface area contributed by atoms with Crippen LogP contribution in [0.3, 0.4) is 0 Å². The smallest absolute Gasteiger partial charge is 0.142 e. The first-order valence-corrected chi connectivity index (χ1v) is 6.74. The molecule has 0 saturated heterocycles. The van der Waals surface area contributed by atoms with E-state index in [0.29, 0.717) is 36.8 Å². The summed E-state index contributed by atoms with van der Waals surface area (Å²) in [5, 5.41) is 0.